The highest BCUT2D eigenvalue weighted by atomic mass is 19.4. The monoisotopic (exact) mass is 399 g/mol. The Morgan fingerprint density at radius 1 is 0.862 bits per heavy atom. The number of rotatable bonds is 4. The molecule has 0 spiro atoms. The van der Waals surface area contributed by atoms with Crippen LogP contribution in [0.2, 0.25) is 0 Å². The summed E-state index contributed by atoms with van der Waals surface area (Å²) in [6, 6.07) is 12.8. The fourth-order valence-corrected chi connectivity index (χ4v) is 2.57. The van der Waals surface area contributed by atoms with Crippen LogP contribution in [0.15, 0.2) is 67.0 Å². The van der Waals surface area contributed by atoms with Gasteiger partial charge in [-0.25, -0.2) is 0 Å². The summed E-state index contributed by atoms with van der Waals surface area (Å²) in [5, 5.41) is 5.12. The third-order valence-corrected chi connectivity index (χ3v) is 4.10. The second-order valence-corrected chi connectivity index (χ2v) is 6.26. The van der Waals surface area contributed by atoms with Gasteiger partial charge in [0, 0.05) is 23.8 Å². The number of hydrogen-bond donors (Lipinski definition) is 2. The van der Waals surface area contributed by atoms with Crippen LogP contribution >= 0.6 is 0 Å². The fraction of sp³-hybridized carbons (Fsp3) is 0.0952. The van der Waals surface area contributed by atoms with Gasteiger partial charge in [-0.3, -0.25) is 14.6 Å². The Morgan fingerprint density at radius 3 is 2.17 bits per heavy atom. The summed E-state index contributed by atoms with van der Waals surface area (Å²) in [6.45, 7) is 1.84. The summed E-state index contributed by atoms with van der Waals surface area (Å²) < 4.78 is 38.4. The van der Waals surface area contributed by atoms with Crippen molar-refractivity contribution in [2.75, 3.05) is 10.6 Å². The average Bonchev–Trinajstić information content (AvgIpc) is 2.69. The molecule has 2 N–H and O–H groups in total. The number of aromatic nitrogens is 1. The summed E-state index contributed by atoms with van der Waals surface area (Å²) >= 11 is 0. The molecule has 0 aliphatic carbocycles. The Bertz CT molecular complexity index is 1060. The van der Waals surface area contributed by atoms with Crippen LogP contribution in [-0.2, 0) is 6.18 Å². The van der Waals surface area contributed by atoms with Gasteiger partial charge in [-0.05, 0) is 42.8 Å². The molecule has 0 unspecified atom stereocenters. The predicted octanol–water partition coefficient (Wildman–Crippen LogP) is 4.91. The van der Waals surface area contributed by atoms with E-state index in [2.05, 4.69) is 15.6 Å². The minimum atomic E-state index is -4.52. The smallest absolute Gasteiger partial charge is 0.322 e. The maximum Gasteiger partial charge on any atom is 0.416 e. The first kappa shape index (κ1) is 20.1. The molecule has 0 atom stereocenters. The highest BCUT2D eigenvalue weighted by molar-refractivity contribution is 6.08. The SMILES string of the molecule is Cc1ccccc1NC(=O)c1cncc(C(=O)Nc2cccc(C(F)(F)F)c2)c1. The molecule has 0 bridgehead atoms. The molecule has 148 valence electrons. The molecule has 1 heterocycles. The standard InChI is InChI=1S/C21H16F3N3O2/c1-13-5-2-3-8-18(13)27-20(29)15-9-14(11-25-12-15)19(28)26-17-7-4-6-16(10-17)21(22,23)24/h2-12H,1H3,(H,26,28)(H,27,29). The quantitative estimate of drug-likeness (QED) is 0.655. The van der Waals surface area contributed by atoms with Crippen molar-refractivity contribution in [1.29, 1.82) is 0 Å². The number of nitrogens with zero attached hydrogens (tertiary/aromatic N) is 1. The maximum absolute atomic E-state index is 12.8. The summed E-state index contributed by atoms with van der Waals surface area (Å²) in [4.78, 5) is 28.7. The van der Waals surface area contributed by atoms with E-state index in [4.69, 9.17) is 0 Å². The average molecular weight is 399 g/mol. The van der Waals surface area contributed by atoms with E-state index in [9.17, 15) is 22.8 Å². The lowest BCUT2D eigenvalue weighted by Crippen LogP contribution is -2.17. The zero-order valence-corrected chi connectivity index (χ0v) is 15.2. The van der Waals surface area contributed by atoms with Gasteiger partial charge in [0.1, 0.15) is 0 Å². The van der Waals surface area contributed by atoms with Crippen molar-refractivity contribution in [2.24, 2.45) is 0 Å². The normalized spacial score (nSPS) is 11.0. The zero-order valence-electron chi connectivity index (χ0n) is 15.2. The van der Waals surface area contributed by atoms with E-state index in [-0.39, 0.29) is 16.8 Å². The minimum Gasteiger partial charge on any atom is -0.322 e. The van der Waals surface area contributed by atoms with E-state index in [1.165, 1.54) is 30.6 Å². The lowest BCUT2D eigenvalue weighted by Gasteiger charge is -2.11. The molecule has 0 aliphatic heterocycles. The highest BCUT2D eigenvalue weighted by Crippen LogP contribution is 2.30. The van der Waals surface area contributed by atoms with Crippen LogP contribution in [0.3, 0.4) is 0 Å². The van der Waals surface area contributed by atoms with Crippen LogP contribution in [0.25, 0.3) is 0 Å². The first-order chi connectivity index (χ1) is 13.7. The number of carbonyl (C=O) groups is 2. The number of nitrogens with one attached hydrogen (secondary N) is 2. The molecule has 8 heteroatoms. The number of amides is 2. The van der Waals surface area contributed by atoms with E-state index < -0.39 is 23.6 Å². The van der Waals surface area contributed by atoms with Crippen LogP contribution in [0.1, 0.15) is 31.8 Å². The fourth-order valence-electron chi connectivity index (χ4n) is 2.57. The van der Waals surface area contributed by atoms with Gasteiger partial charge in [-0.1, -0.05) is 24.3 Å². The molecule has 0 radical (unpaired) electrons. The Morgan fingerprint density at radius 2 is 1.52 bits per heavy atom. The Hall–Kier alpha value is -3.68. The topological polar surface area (TPSA) is 71.1 Å². The number of anilines is 2. The van der Waals surface area contributed by atoms with Crippen molar-refractivity contribution in [2.45, 2.75) is 13.1 Å². The van der Waals surface area contributed by atoms with Gasteiger partial charge >= 0.3 is 6.18 Å². The van der Waals surface area contributed by atoms with Crippen LogP contribution in [0.4, 0.5) is 24.5 Å². The van der Waals surface area contributed by atoms with Crippen LogP contribution in [0, 0.1) is 6.92 Å². The van der Waals surface area contributed by atoms with Gasteiger partial charge < -0.3 is 10.6 Å². The molecule has 0 fully saturated rings. The molecule has 2 amide bonds. The van der Waals surface area contributed by atoms with E-state index in [0.717, 1.165) is 17.7 Å². The van der Waals surface area contributed by atoms with E-state index in [1.807, 2.05) is 19.1 Å². The zero-order chi connectivity index (χ0) is 21.0. The van der Waals surface area contributed by atoms with Crippen molar-refractivity contribution < 1.29 is 22.8 Å². The Labute approximate surface area is 164 Å². The van der Waals surface area contributed by atoms with Gasteiger partial charge in [0.05, 0.1) is 16.7 Å². The van der Waals surface area contributed by atoms with E-state index >= 15 is 0 Å². The van der Waals surface area contributed by atoms with Crippen molar-refractivity contribution >= 4 is 23.2 Å². The Balaban J connectivity index is 1.76. The van der Waals surface area contributed by atoms with Crippen molar-refractivity contribution in [3.8, 4) is 0 Å². The van der Waals surface area contributed by atoms with Gasteiger partial charge in [-0.2, -0.15) is 13.2 Å². The molecular weight excluding hydrogens is 383 g/mol. The minimum absolute atomic E-state index is 0.0143. The largest absolute Gasteiger partial charge is 0.416 e. The number of pyridine rings is 1. The number of aryl methyl sites for hydroxylation is 1. The van der Waals surface area contributed by atoms with Crippen LogP contribution in [-0.4, -0.2) is 16.8 Å². The van der Waals surface area contributed by atoms with Gasteiger partial charge in [0.25, 0.3) is 11.8 Å². The van der Waals surface area contributed by atoms with Gasteiger partial charge in [0.15, 0.2) is 0 Å². The molecule has 2 aromatic carbocycles. The summed E-state index contributed by atoms with van der Waals surface area (Å²) in [5.41, 5.74) is 0.785. The molecule has 5 nitrogen and oxygen atoms in total. The Kier molecular flexibility index (Phi) is 5.63. The molecule has 1 aromatic heterocycles. The first-order valence-electron chi connectivity index (χ1n) is 8.55. The summed E-state index contributed by atoms with van der Waals surface area (Å²) in [5.74, 6) is -1.14. The van der Waals surface area contributed by atoms with Crippen molar-refractivity contribution in [3.05, 3.63) is 89.2 Å². The molecule has 3 aromatic rings. The third-order valence-electron chi connectivity index (χ3n) is 4.10. The van der Waals surface area contributed by atoms with E-state index in [0.29, 0.717) is 5.69 Å². The summed E-state index contributed by atoms with van der Waals surface area (Å²) in [6.07, 6.45) is -1.99. The second kappa shape index (κ2) is 8.14. The van der Waals surface area contributed by atoms with Crippen molar-refractivity contribution in [1.82, 2.24) is 4.98 Å². The number of halogens is 3. The molecule has 0 aliphatic rings. The number of hydrogen-bond acceptors (Lipinski definition) is 3. The molecular formula is C21H16F3N3O2. The molecule has 0 saturated heterocycles. The lowest BCUT2D eigenvalue weighted by atomic mass is 10.1. The van der Waals surface area contributed by atoms with Crippen molar-refractivity contribution in [3.63, 3.8) is 0 Å². The maximum atomic E-state index is 12.8. The number of alkyl halides is 3. The lowest BCUT2D eigenvalue weighted by molar-refractivity contribution is -0.137. The molecule has 29 heavy (non-hydrogen) atoms. The first-order valence-corrected chi connectivity index (χ1v) is 8.55. The second-order valence-electron chi connectivity index (χ2n) is 6.26. The predicted molar refractivity (Wildman–Crippen MR) is 103 cm³/mol. The van der Waals surface area contributed by atoms with E-state index in [1.54, 1.807) is 12.1 Å². The van der Waals surface area contributed by atoms with Crippen LogP contribution in [0.5, 0.6) is 0 Å². The van der Waals surface area contributed by atoms with Gasteiger partial charge in [0.2, 0.25) is 0 Å². The highest BCUT2D eigenvalue weighted by Gasteiger charge is 2.30. The molecule has 3 rings (SSSR count). The van der Waals surface area contributed by atoms with Gasteiger partial charge in [-0.15, -0.1) is 0 Å². The molecule has 0 saturated carbocycles. The number of carbonyl (C=O) groups excluding carboxylic acids is 2. The van der Waals surface area contributed by atoms with Crippen LogP contribution < -0.4 is 10.6 Å². The number of benzene rings is 2. The number of para-hydroxylation sites is 1. The summed E-state index contributed by atoms with van der Waals surface area (Å²) in [7, 11) is 0. The third kappa shape index (κ3) is 4.98.